The van der Waals surface area contributed by atoms with Gasteiger partial charge in [-0.1, -0.05) is 29.8 Å². The minimum Gasteiger partial charge on any atom is -0.480 e. The van der Waals surface area contributed by atoms with Gasteiger partial charge in [0.25, 0.3) is 0 Å². The van der Waals surface area contributed by atoms with Crippen LogP contribution in [0.15, 0.2) is 60.8 Å². The van der Waals surface area contributed by atoms with Crippen LogP contribution in [0.5, 0.6) is 5.88 Å². The van der Waals surface area contributed by atoms with E-state index in [-0.39, 0.29) is 28.5 Å². The molecule has 2 saturated heterocycles. The molecule has 0 saturated carbocycles. The normalized spacial score (nSPS) is 18.7. The zero-order valence-electron chi connectivity index (χ0n) is 24.3. The third kappa shape index (κ3) is 6.54. The number of rotatable bonds is 7. The number of aryl methyl sites for hydroxylation is 1. The number of nitrogens with one attached hydrogen (secondary N) is 1. The predicted molar refractivity (Wildman–Crippen MR) is 163 cm³/mol. The third-order valence-electron chi connectivity index (χ3n) is 8.51. The summed E-state index contributed by atoms with van der Waals surface area (Å²) in [5.41, 5.74) is 7.69. The van der Waals surface area contributed by atoms with Gasteiger partial charge in [-0.15, -0.1) is 0 Å². The highest BCUT2D eigenvalue weighted by molar-refractivity contribution is 6.30. The van der Waals surface area contributed by atoms with E-state index in [9.17, 15) is 23.1 Å². The zero-order valence-corrected chi connectivity index (χ0v) is 25.0. The van der Waals surface area contributed by atoms with Crippen molar-refractivity contribution >= 4 is 29.3 Å². The Hall–Kier alpha value is -4.36. The molecule has 45 heavy (non-hydrogen) atoms. The van der Waals surface area contributed by atoms with Crippen LogP contribution >= 0.6 is 11.6 Å². The molecule has 14 heteroatoms. The molecule has 2 aliphatic heterocycles. The van der Waals surface area contributed by atoms with Crippen molar-refractivity contribution in [2.75, 3.05) is 30.3 Å². The monoisotopic (exact) mass is 641 g/mol. The van der Waals surface area contributed by atoms with Gasteiger partial charge in [-0.3, -0.25) is 4.79 Å². The molecule has 0 radical (unpaired) electrons. The zero-order chi connectivity index (χ0) is 31.9. The van der Waals surface area contributed by atoms with E-state index in [0.717, 1.165) is 0 Å². The number of piperidine rings is 1. The number of hydrogen-bond donors (Lipinski definition) is 3. The lowest BCUT2D eigenvalue weighted by atomic mass is 9.76. The summed E-state index contributed by atoms with van der Waals surface area (Å²) in [6.07, 6.45) is -3.77. The Kier molecular flexibility index (Phi) is 8.08. The highest BCUT2D eigenvalue weighted by Gasteiger charge is 2.46. The van der Waals surface area contributed by atoms with Crippen LogP contribution in [0.3, 0.4) is 0 Å². The Labute approximate surface area is 262 Å². The molecule has 0 bridgehead atoms. The first-order valence-corrected chi connectivity index (χ1v) is 14.8. The molecule has 1 spiro atoms. The fourth-order valence-electron chi connectivity index (χ4n) is 6.11. The fourth-order valence-corrected chi connectivity index (χ4v) is 6.23. The molecule has 0 aliphatic carbocycles. The van der Waals surface area contributed by atoms with Gasteiger partial charge in [-0.05, 0) is 73.1 Å². The second-order valence-electron chi connectivity index (χ2n) is 11.6. The molecular formula is C31H31ClF3N7O3. The largest absolute Gasteiger partial charge is 0.480 e. The minimum atomic E-state index is -4.84. The van der Waals surface area contributed by atoms with Crippen molar-refractivity contribution < 1.29 is 27.8 Å². The van der Waals surface area contributed by atoms with E-state index in [0.29, 0.717) is 66.6 Å². The number of hydrogen-bond acceptors (Lipinski definition) is 8. The van der Waals surface area contributed by atoms with Crippen LogP contribution in [-0.4, -0.2) is 62.7 Å². The topological polar surface area (TPSA) is 131 Å². The van der Waals surface area contributed by atoms with Gasteiger partial charge in [0.1, 0.15) is 11.9 Å². The summed E-state index contributed by atoms with van der Waals surface area (Å²) in [4.78, 5) is 21.6. The first-order valence-electron chi connectivity index (χ1n) is 14.4. The van der Waals surface area contributed by atoms with E-state index in [1.165, 1.54) is 16.8 Å². The van der Waals surface area contributed by atoms with Gasteiger partial charge < -0.3 is 25.8 Å². The van der Waals surface area contributed by atoms with Crippen LogP contribution in [0.25, 0.3) is 16.8 Å². The van der Waals surface area contributed by atoms with Crippen LogP contribution in [0.4, 0.5) is 24.9 Å². The van der Waals surface area contributed by atoms with Crippen molar-refractivity contribution in [3.05, 3.63) is 77.1 Å². The van der Waals surface area contributed by atoms with Crippen LogP contribution in [0.2, 0.25) is 5.02 Å². The van der Waals surface area contributed by atoms with E-state index in [4.69, 9.17) is 22.1 Å². The van der Waals surface area contributed by atoms with Gasteiger partial charge >= 0.3 is 12.1 Å². The highest BCUT2D eigenvalue weighted by Crippen LogP contribution is 2.43. The average Bonchev–Trinajstić information content (AvgIpc) is 3.62. The van der Waals surface area contributed by atoms with Gasteiger partial charge in [0.15, 0.2) is 0 Å². The SMILES string of the molecule is Cc1ccn(-c2ccc(-c3ccc(Cl)cc3)cc2[C@@H](Oc2cc(N3CCC4(CC3)CNC(C(=O)O)C4)nc(N)n2)C(F)(F)F)n1. The van der Waals surface area contributed by atoms with Crippen molar-refractivity contribution in [3.8, 4) is 22.7 Å². The van der Waals surface area contributed by atoms with Crippen molar-refractivity contribution in [1.29, 1.82) is 0 Å². The second kappa shape index (κ2) is 11.9. The molecule has 236 valence electrons. The van der Waals surface area contributed by atoms with Crippen LogP contribution in [0.1, 0.15) is 36.6 Å². The lowest BCUT2D eigenvalue weighted by Crippen LogP contribution is -2.41. The Morgan fingerprint density at radius 1 is 1.11 bits per heavy atom. The quantitative estimate of drug-likeness (QED) is 0.236. The number of alkyl halides is 3. The summed E-state index contributed by atoms with van der Waals surface area (Å²) in [7, 11) is 0. The number of halogens is 4. The van der Waals surface area contributed by atoms with Gasteiger partial charge in [0.2, 0.25) is 17.9 Å². The number of aliphatic carboxylic acids is 1. The molecule has 4 aromatic rings. The van der Waals surface area contributed by atoms with Crippen LogP contribution < -0.4 is 20.7 Å². The first kappa shape index (κ1) is 30.7. The Morgan fingerprint density at radius 2 is 1.82 bits per heavy atom. The summed E-state index contributed by atoms with van der Waals surface area (Å²) < 4.78 is 51.7. The number of nitrogens with zero attached hydrogens (tertiary/aromatic N) is 5. The molecule has 10 nitrogen and oxygen atoms in total. The number of carbonyl (C=O) groups is 1. The van der Waals surface area contributed by atoms with E-state index in [1.807, 2.05) is 4.90 Å². The maximum atomic E-state index is 14.9. The summed E-state index contributed by atoms with van der Waals surface area (Å²) in [5, 5.41) is 17.3. The maximum Gasteiger partial charge on any atom is 0.429 e. The van der Waals surface area contributed by atoms with Crippen molar-refractivity contribution in [3.63, 3.8) is 0 Å². The molecule has 2 atom stereocenters. The molecule has 2 aromatic carbocycles. The summed E-state index contributed by atoms with van der Waals surface area (Å²) in [5.74, 6) is -1.08. The van der Waals surface area contributed by atoms with E-state index < -0.39 is 24.3 Å². The van der Waals surface area contributed by atoms with E-state index in [1.54, 1.807) is 55.6 Å². The molecule has 4 heterocycles. The fraction of sp³-hybridized carbons (Fsp3) is 0.355. The van der Waals surface area contributed by atoms with Gasteiger partial charge in [-0.2, -0.15) is 28.2 Å². The lowest BCUT2D eigenvalue weighted by molar-refractivity contribution is -0.198. The predicted octanol–water partition coefficient (Wildman–Crippen LogP) is 5.59. The van der Waals surface area contributed by atoms with Crippen molar-refractivity contribution in [1.82, 2.24) is 25.1 Å². The molecule has 2 fully saturated rings. The molecular weight excluding hydrogens is 611 g/mol. The number of anilines is 2. The third-order valence-corrected chi connectivity index (χ3v) is 8.76. The first-order chi connectivity index (χ1) is 21.4. The maximum absolute atomic E-state index is 14.9. The Bertz CT molecular complexity index is 1710. The van der Waals surface area contributed by atoms with E-state index >= 15 is 0 Å². The number of carboxylic acid groups (broad SMARTS) is 1. The van der Waals surface area contributed by atoms with Crippen LogP contribution in [0, 0.1) is 12.3 Å². The van der Waals surface area contributed by atoms with Gasteiger partial charge in [-0.25, -0.2) is 4.68 Å². The number of ether oxygens (including phenoxy) is 1. The summed E-state index contributed by atoms with van der Waals surface area (Å²) in [6.45, 7) is 3.40. The molecule has 2 aliphatic rings. The average molecular weight is 642 g/mol. The summed E-state index contributed by atoms with van der Waals surface area (Å²) >= 11 is 6.04. The van der Waals surface area contributed by atoms with Crippen LogP contribution in [-0.2, 0) is 4.79 Å². The number of carboxylic acids is 1. The minimum absolute atomic E-state index is 0.158. The Balaban J connectivity index is 1.32. The number of benzene rings is 2. The Morgan fingerprint density at radius 3 is 2.44 bits per heavy atom. The molecule has 2 aromatic heterocycles. The van der Waals surface area contributed by atoms with Gasteiger partial charge in [0, 0.05) is 42.5 Å². The lowest BCUT2D eigenvalue weighted by Gasteiger charge is -2.39. The second-order valence-corrected chi connectivity index (χ2v) is 12.0. The smallest absolute Gasteiger partial charge is 0.429 e. The molecule has 6 rings (SSSR count). The van der Waals surface area contributed by atoms with Gasteiger partial charge in [0.05, 0.1) is 11.4 Å². The number of nitrogen functional groups attached to an aromatic ring is 1. The highest BCUT2D eigenvalue weighted by atomic mass is 35.5. The molecule has 4 N–H and O–H groups in total. The standard InChI is InChI=1S/C31H31ClF3N7O3/c1-18-8-11-42(40-18)24-7-4-20(19-2-5-21(32)6-3-19)14-22(24)27(31(33,34)35)45-26-15-25(38-29(36)39-26)41-12-9-30(10-13-41)16-23(28(43)44)37-17-30/h2-8,11,14-15,23,27,37H,9-10,12-13,16-17H2,1H3,(H,43,44)(H2,36,38,39)/t23?,27-/m1/s1. The molecule has 0 amide bonds. The number of nitrogens with two attached hydrogens (primary N) is 1. The molecule has 1 unspecified atom stereocenters. The number of aromatic nitrogens is 4. The van der Waals surface area contributed by atoms with Crippen molar-refractivity contribution in [2.45, 2.75) is 44.5 Å². The van der Waals surface area contributed by atoms with Crippen molar-refractivity contribution in [2.24, 2.45) is 5.41 Å². The van der Waals surface area contributed by atoms with E-state index in [2.05, 4.69) is 20.4 Å². The summed E-state index contributed by atoms with van der Waals surface area (Å²) in [6, 6.07) is 14.0.